The van der Waals surface area contributed by atoms with Gasteiger partial charge in [0.05, 0.1) is 14.2 Å². The van der Waals surface area contributed by atoms with E-state index in [0.29, 0.717) is 17.9 Å². The topological polar surface area (TPSA) is 38.8 Å². The maximum Gasteiger partial charge on any atom is 0.161 e. The lowest BCUT2D eigenvalue weighted by atomic mass is 9.94. The van der Waals surface area contributed by atoms with E-state index in [1.807, 2.05) is 6.07 Å². The third-order valence-electron chi connectivity index (χ3n) is 4.87. The van der Waals surface area contributed by atoms with Crippen LogP contribution < -0.4 is 9.47 Å². The predicted molar refractivity (Wildman–Crippen MR) is 100 cm³/mol. The molecule has 0 bridgehead atoms. The first-order valence-electron chi connectivity index (χ1n) is 8.79. The van der Waals surface area contributed by atoms with Crippen molar-refractivity contribution in [2.45, 2.75) is 39.2 Å². The summed E-state index contributed by atoms with van der Waals surface area (Å²) < 4.78 is 22.9. The lowest BCUT2D eigenvalue weighted by molar-refractivity contribution is -0.121. The molecule has 0 aromatic heterocycles. The predicted octanol–water partition coefficient (Wildman–Crippen LogP) is 4.06. The third-order valence-corrected chi connectivity index (χ3v) is 5.32. The van der Waals surface area contributed by atoms with Gasteiger partial charge in [-0.2, -0.15) is 3.89 Å². The second-order valence-corrected chi connectivity index (χ2v) is 7.20. The third kappa shape index (κ3) is 5.61. The highest BCUT2D eigenvalue weighted by atomic mass is 32.2. The number of unbranched alkanes of at least 4 members (excludes halogenated alkanes) is 1. The Kier molecular flexibility index (Phi) is 8.03. The van der Waals surface area contributed by atoms with Gasteiger partial charge in [0.2, 0.25) is 0 Å². The minimum atomic E-state index is 0.0336. The Morgan fingerprint density at radius 3 is 2.52 bits per heavy atom. The van der Waals surface area contributed by atoms with E-state index in [4.69, 9.17) is 9.47 Å². The second-order valence-electron chi connectivity index (χ2n) is 6.58. The highest BCUT2D eigenvalue weighted by Gasteiger charge is 2.23. The van der Waals surface area contributed by atoms with Gasteiger partial charge in [-0.25, -0.2) is 0 Å². The number of Topliss-reactive ketones (excluding diaryl/α,β-unsaturated/α-hetero) is 1. The number of hydrogen-bond donors (Lipinski definition) is 0. The molecule has 1 aliphatic heterocycles. The van der Waals surface area contributed by atoms with E-state index in [-0.39, 0.29) is 11.7 Å². The Hall–Kier alpha value is -1.27. The molecule has 6 heteroatoms. The summed E-state index contributed by atoms with van der Waals surface area (Å²) in [5.74, 6) is 2.29. The molecule has 25 heavy (non-hydrogen) atoms. The van der Waals surface area contributed by atoms with Gasteiger partial charge >= 0.3 is 0 Å². The molecule has 1 aliphatic rings. The van der Waals surface area contributed by atoms with Crippen molar-refractivity contribution in [3.05, 3.63) is 23.3 Å². The van der Waals surface area contributed by atoms with E-state index >= 15 is 0 Å². The summed E-state index contributed by atoms with van der Waals surface area (Å²) in [6, 6.07) is 4.10. The average Bonchev–Trinajstić information content (AvgIpc) is 2.62. The largest absolute Gasteiger partial charge is 0.493 e. The molecule has 0 radical (unpaired) electrons. The van der Waals surface area contributed by atoms with Crippen LogP contribution in [-0.2, 0) is 17.8 Å². The monoisotopic (exact) mass is 369 g/mol. The van der Waals surface area contributed by atoms with Gasteiger partial charge in [-0.15, -0.1) is 0 Å². The van der Waals surface area contributed by atoms with Crippen LogP contribution in [0.1, 0.15) is 37.3 Å². The van der Waals surface area contributed by atoms with Crippen LogP contribution in [0.2, 0.25) is 0 Å². The molecule has 0 saturated heterocycles. The number of nitrogens with zero attached hydrogens (tertiary/aromatic N) is 1. The first-order chi connectivity index (χ1) is 12.1. The number of carbonyl (C=O) groups is 1. The minimum absolute atomic E-state index is 0.0336. The number of halogens is 1. The van der Waals surface area contributed by atoms with E-state index in [1.165, 1.54) is 11.1 Å². The highest BCUT2D eigenvalue weighted by molar-refractivity contribution is 7.94. The molecule has 0 N–H and O–H groups in total. The van der Waals surface area contributed by atoms with Crippen LogP contribution in [0.3, 0.4) is 0 Å². The SMILES string of the molecule is COc1cc2c(cc1OC)CN(CC(CCCCSF)C(C)=O)CC2. The van der Waals surface area contributed by atoms with Crippen LogP contribution in [-0.4, -0.2) is 43.7 Å². The molecule has 1 heterocycles. The van der Waals surface area contributed by atoms with Crippen molar-refractivity contribution in [1.29, 1.82) is 0 Å². The molecule has 0 fully saturated rings. The number of benzene rings is 1. The maximum absolute atomic E-state index is 12.1. The van der Waals surface area contributed by atoms with E-state index in [1.54, 1.807) is 21.1 Å². The van der Waals surface area contributed by atoms with Gasteiger partial charge in [-0.1, -0.05) is 6.42 Å². The zero-order chi connectivity index (χ0) is 18.2. The fraction of sp³-hybridized carbons (Fsp3) is 0.632. The molecule has 140 valence electrons. The lowest BCUT2D eigenvalue weighted by Crippen LogP contribution is -2.36. The van der Waals surface area contributed by atoms with Crippen LogP contribution in [0.5, 0.6) is 11.5 Å². The van der Waals surface area contributed by atoms with Crippen molar-refractivity contribution in [2.75, 3.05) is 33.1 Å². The zero-order valence-corrected chi connectivity index (χ0v) is 16.2. The van der Waals surface area contributed by atoms with E-state index in [2.05, 4.69) is 11.0 Å². The number of hydrogen-bond acceptors (Lipinski definition) is 5. The van der Waals surface area contributed by atoms with Crippen LogP contribution in [0.25, 0.3) is 0 Å². The quantitative estimate of drug-likeness (QED) is 0.582. The minimum Gasteiger partial charge on any atom is -0.493 e. The van der Waals surface area contributed by atoms with Gasteiger partial charge in [0, 0.05) is 43.5 Å². The number of rotatable bonds is 10. The van der Waals surface area contributed by atoms with Gasteiger partial charge in [-0.3, -0.25) is 9.69 Å². The summed E-state index contributed by atoms with van der Waals surface area (Å²) in [6.07, 6.45) is 3.51. The molecule has 1 atom stereocenters. The van der Waals surface area contributed by atoms with Gasteiger partial charge < -0.3 is 9.47 Å². The fourth-order valence-electron chi connectivity index (χ4n) is 3.38. The van der Waals surface area contributed by atoms with E-state index < -0.39 is 0 Å². The second kappa shape index (κ2) is 10.0. The van der Waals surface area contributed by atoms with E-state index in [9.17, 15) is 8.68 Å². The summed E-state index contributed by atoms with van der Waals surface area (Å²) in [4.78, 5) is 14.3. The average molecular weight is 370 g/mol. The molecule has 1 aromatic rings. The molecule has 4 nitrogen and oxygen atoms in total. The molecule has 1 aromatic carbocycles. The molecule has 0 spiro atoms. The number of ether oxygens (including phenoxy) is 2. The number of carbonyl (C=O) groups excluding carboxylic acids is 1. The fourth-order valence-corrected chi connectivity index (χ4v) is 3.69. The first-order valence-corrected chi connectivity index (χ1v) is 9.67. The van der Waals surface area contributed by atoms with Gasteiger partial charge in [0.1, 0.15) is 5.78 Å². The Labute approximate surface area is 154 Å². The van der Waals surface area contributed by atoms with Crippen LogP contribution in [0, 0.1) is 5.92 Å². The molecule has 0 amide bonds. The summed E-state index contributed by atoms with van der Waals surface area (Å²) in [5.41, 5.74) is 2.52. The van der Waals surface area contributed by atoms with Crippen molar-refractivity contribution in [3.63, 3.8) is 0 Å². The van der Waals surface area contributed by atoms with Crippen molar-refractivity contribution in [2.24, 2.45) is 5.92 Å². The summed E-state index contributed by atoms with van der Waals surface area (Å²) in [7, 11) is 3.30. The molecule has 2 rings (SSSR count). The van der Waals surface area contributed by atoms with E-state index in [0.717, 1.165) is 56.8 Å². The van der Waals surface area contributed by atoms with Crippen molar-refractivity contribution in [3.8, 4) is 11.5 Å². The van der Waals surface area contributed by atoms with Crippen LogP contribution in [0.4, 0.5) is 3.89 Å². The molecular weight excluding hydrogens is 341 g/mol. The molecular formula is C19H28FNO3S. The molecule has 0 saturated carbocycles. The van der Waals surface area contributed by atoms with Gasteiger partial charge in [-0.05, 0) is 49.4 Å². The standard InChI is InChI=1S/C19H28FNO3S/c1-14(22)16(6-4-5-9-25-20)12-21-8-7-15-10-18(23-2)19(24-3)11-17(15)13-21/h10-11,16H,4-9,12-13H2,1-3H3. The Morgan fingerprint density at radius 2 is 1.92 bits per heavy atom. The van der Waals surface area contributed by atoms with Gasteiger partial charge in [0.15, 0.2) is 11.5 Å². The van der Waals surface area contributed by atoms with Crippen LogP contribution in [0.15, 0.2) is 12.1 Å². The van der Waals surface area contributed by atoms with Gasteiger partial charge in [0.25, 0.3) is 0 Å². The highest BCUT2D eigenvalue weighted by Crippen LogP contribution is 2.33. The summed E-state index contributed by atoms with van der Waals surface area (Å²) >= 11 is 0.379. The van der Waals surface area contributed by atoms with Crippen LogP contribution >= 0.6 is 12.1 Å². The Morgan fingerprint density at radius 1 is 1.24 bits per heavy atom. The smallest absolute Gasteiger partial charge is 0.161 e. The summed E-state index contributed by atoms with van der Waals surface area (Å²) in [5, 5.41) is 0. The number of ketones is 1. The molecule has 0 aliphatic carbocycles. The summed E-state index contributed by atoms with van der Waals surface area (Å²) in [6.45, 7) is 4.19. The lowest BCUT2D eigenvalue weighted by Gasteiger charge is -2.31. The van der Waals surface area contributed by atoms with Crippen molar-refractivity contribution in [1.82, 2.24) is 4.90 Å². The first kappa shape index (κ1) is 20.0. The number of fused-ring (bicyclic) bond motifs is 1. The van der Waals surface area contributed by atoms with Crippen molar-refractivity contribution >= 4 is 17.9 Å². The Balaban J connectivity index is 1.99. The maximum atomic E-state index is 12.1. The van der Waals surface area contributed by atoms with Crippen molar-refractivity contribution < 1.29 is 18.2 Å². The number of methoxy groups -OCH3 is 2. The zero-order valence-electron chi connectivity index (χ0n) is 15.3. The Bertz CT molecular complexity index is 582. The normalized spacial score (nSPS) is 15.5. The molecule has 1 unspecified atom stereocenters.